The van der Waals surface area contributed by atoms with Crippen LogP contribution in [0.4, 0.5) is 0 Å². The van der Waals surface area contributed by atoms with E-state index in [1.165, 1.54) is 70.6 Å². The van der Waals surface area contributed by atoms with Crippen LogP contribution in [0, 0.1) is 35.6 Å². The second-order valence-electron chi connectivity index (χ2n) is 4.20. The zero-order valence-electron chi connectivity index (χ0n) is 10.4. The first kappa shape index (κ1) is 19.1. The van der Waals surface area contributed by atoms with Crippen LogP contribution in [0.1, 0.15) is 77.6 Å². The van der Waals surface area contributed by atoms with E-state index in [2.05, 4.69) is 22.7 Å². The maximum atomic E-state index is 4.26. The van der Waals surface area contributed by atoms with Crippen molar-refractivity contribution in [1.29, 1.82) is 0 Å². The van der Waals surface area contributed by atoms with Crippen molar-refractivity contribution in [3.63, 3.8) is 0 Å². The molecule has 0 N–H and O–H groups in total. The Kier molecular flexibility index (Phi) is 23.0. The fraction of sp³-hybridized carbons (Fsp3) is 1.00. The predicted molar refractivity (Wildman–Crippen MR) is 61.3 cm³/mol. The zero-order valence-corrected chi connectivity index (χ0v) is 15.1. The monoisotopic (exact) mass is 381 g/mol. The van der Waals surface area contributed by atoms with E-state index in [0.29, 0.717) is 0 Å². The summed E-state index contributed by atoms with van der Waals surface area (Å²) in [6.45, 7) is 2.28. The number of hydrogen-bond acceptors (Lipinski definition) is 0. The molecular formula is C13H27CoLa. The third-order valence-corrected chi connectivity index (χ3v) is 3.09. The molecule has 0 aromatic rings. The summed E-state index contributed by atoms with van der Waals surface area (Å²) in [5, 5.41) is 1.06. The fourth-order valence-corrected chi connectivity index (χ4v) is 2.01. The van der Waals surface area contributed by atoms with Gasteiger partial charge in [0.25, 0.3) is 0 Å². The molecule has 0 aliphatic rings. The van der Waals surface area contributed by atoms with E-state index in [0.717, 1.165) is 5.36 Å². The molecule has 0 nitrogen and oxygen atoms in total. The van der Waals surface area contributed by atoms with E-state index in [1.54, 1.807) is 0 Å². The molecule has 1 radical (unpaired) electrons. The molecule has 0 heterocycles. The first-order valence-corrected chi connectivity index (χ1v) is 7.18. The van der Waals surface area contributed by atoms with Gasteiger partial charge in [0.15, 0.2) is 0 Å². The molecule has 0 aliphatic carbocycles. The Bertz CT molecular complexity index is 84.5. The van der Waals surface area contributed by atoms with Gasteiger partial charge in [-0.3, -0.25) is 0 Å². The number of rotatable bonds is 11. The van der Waals surface area contributed by atoms with Gasteiger partial charge in [0, 0.05) is 35.6 Å². The van der Waals surface area contributed by atoms with Gasteiger partial charge in [0.1, 0.15) is 0 Å². The van der Waals surface area contributed by atoms with Gasteiger partial charge in [0.2, 0.25) is 0 Å². The molecule has 0 atom stereocenters. The second-order valence-corrected chi connectivity index (χ2v) is 4.72. The Balaban J connectivity index is 0. The van der Waals surface area contributed by atoms with Crippen LogP contribution >= 0.6 is 0 Å². The first-order chi connectivity index (χ1) is 6.91. The molecule has 0 rings (SSSR count). The summed E-state index contributed by atoms with van der Waals surface area (Å²) >= 11 is 4.26. The van der Waals surface area contributed by atoms with E-state index >= 15 is 0 Å². The molecular weight excluding hydrogens is 354 g/mol. The molecule has 0 bridgehead atoms. The maximum Gasteiger partial charge on any atom is 0 e. The van der Waals surface area contributed by atoms with Crippen LogP contribution in [0.5, 0.6) is 0 Å². The van der Waals surface area contributed by atoms with Crippen LogP contribution in [0.3, 0.4) is 0 Å². The summed E-state index contributed by atoms with van der Waals surface area (Å²) in [6, 6.07) is 0. The van der Waals surface area contributed by atoms with E-state index in [-0.39, 0.29) is 35.6 Å². The molecule has 0 spiro atoms. The summed E-state index contributed by atoms with van der Waals surface area (Å²) in [5.41, 5.74) is 0. The molecule has 2 heteroatoms. The number of hydrogen-bond donors (Lipinski definition) is 0. The van der Waals surface area contributed by atoms with Crippen LogP contribution in [-0.4, -0.2) is 0 Å². The minimum atomic E-state index is 0. The quantitative estimate of drug-likeness (QED) is 0.428. The van der Waals surface area contributed by atoms with Crippen LogP contribution in [0.15, 0.2) is 0 Å². The smallest absolute Gasteiger partial charge is 0 e. The Labute approximate surface area is 133 Å². The third kappa shape index (κ3) is 18.3. The van der Waals surface area contributed by atoms with Crippen molar-refractivity contribution in [3.05, 3.63) is 0 Å². The molecule has 15 heavy (non-hydrogen) atoms. The SMILES string of the molecule is CCCCCCCCCCCC[CH2][Co].[La]. The molecule has 0 aliphatic heterocycles. The molecule has 0 saturated carbocycles. The topological polar surface area (TPSA) is 0 Å². The minimum Gasteiger partial charge on any atom is 0 e. The van der Waals surface area contributed by atoms with Crippen LogP contribution < -0.4 is 0 Å². The van der Waals surface area contributed by atoms with Gasteiger partial charge in [-0.2, -0.15) is 0 Å². The Morgan fingerprint density at radius 3 is 1.27 bits per heavy atom. The van der Waals surface area contributed by atoms with Crippen LogP contribution in [0.25, 0.3) is 0 Å². The van der Waals surface area contributed by atoms with Crippen molar-refractivity contribution in [1.82, 2.24) is 0 Å². The summed E-state index contributed by atoms with van der Waals surface area (Å²) in [6.07, 6.45) is 15.7. The van der Waals surface area contributed by atoms with Crippen molar-refractivity contribution in [2.45, 2.75) is 82.9 Å². The Morgan fingerprint density at radius 1 is 0.600 bits per heavy atom. The maximum absolute atomic E-state index is 4.26. The molecule has 0 unspecified atom stereocenters. The molecule has 0 fully saturated rings. The second kappa shape index (κ2) is 18.1. The summed E-state index contributed by atoms with van der Waals surface area (Å²) in [7, 11) is 0. The molecule has 91 valence electrons. The molecule has 0 amide bonds. The summed E-state index contributed by atoms with van der Waals surface area (Å²) < 4.78 is 0. The van der Waals surface area contributed by atoms with Crippen molar-refractivity contribution in [3.8, 4) is 0 Å². The normalized spacial score (nSPS) is 10.1. The standard InChI is InChI=1S/C13H27.Co.La/c1-3-5-7-9-11-13-12-10-8-6-4-2;;/h1,3-13H2,2H3;;. The average molecular weight is 381 g/mol. The van der Waals surface area contributed by atoms with Crippen molar-refractivity contribution < 1.29 is 51.3 Å². The van der Waals surface area contributed by atoms with Gasteiger partial charge in [-0.25, -0.2) is 0 Å². The van der Waals surface area contributed by atoms with Crippen LogP contribution in [-0.2, 0) is 15.7 Å². The summed E-state index contributed by atoms with van der Waals surface area (Å²) in [4.78, 5) is 0. The third-order valence-electron chi connectivity index (χ3n) is 2.72. The Morgan fingerprint density at radius 2 is 0.933 bits per heavy atom. The van der Waals surface area contributed by atoms with Gasteiger partial charge >= 0.3 is 91.7 Å². The molecule has 0 saturated heterocycles. The van der Waals surface area contributed by atoms with Crippen molar-refractivity contribution in [2.75, 3.05) is 0 Å². The predicted octanol–water partition coefficient (Wildman–Crippen LogP) is 5.26. The molecule has 0 aromatic carbocycles. The van der Waals surface area contributed by atoms with E-state index in [4.69, 9.17) is 0 Å². The van der Waals surface area contributed by atoms with Crippen molar-refractivity contribution in [2.24, 2.45) is 0 Å². The van der Waals surface area contributed by atoms with E-state index in [1.807, 2.05) is 0 Å². The van der Waals surface area contributed by atoms with Gasteiger partial charge in [-0.15, -0.1) is 0 Å². The van der Waals surface area contributed by atoms with Gasteiger partial charge in [-0.05, 0) is 0 Å². The largest absolute Gasteiger partial charge is 0 e. The van der Waals surface area contributed by atoms with E-state index in [9.17, 15) is 0 Å². The molecule has 0 aromatic heterocycles. The van der Waals surface area contributed by atoms with E-state index < -0.39 is 0 Å². The van der Waals surface area contributed by atoms with Crippen LogP contribution in [0.2, 0.25) is 5.36 Å². The fourth-order valence-electron chi connectivity index (χ4n) is 1.75. The summed E-state index contributed by atoms with van der Waals surface area (Å²) in [5.74, 6) is 0. The average Bonchev–Trinajstić information content (AvgIpc) is 2.21. The van der Waals surface area contributed by atoms with Gasteiger partial charge in [0.05, 0.1) is 0 Å². The first-order valence-electron chi connectivity index (χ1n) is 6.44. The number of unbranched alkanes of at least 4 members (excludes halogenated alkanes) is 10. The Hall–Kier alpha value is 1.70. The van der Waals surface area contributed by atoms with Gasteiger partial charge in [-0.1, -0.05) is 6.92 Å². The van der Waals surface area contributed by atoms with Crippen molar-refractivity contribution >= 4 is 0 Å². The minimum absolute atomic E-state index is 0. The zero-order chi connectivity index (χ0) is 10.5. The van der Waals surface area contributed by atoms with Gasteiger partial charge < -0.3 is 0 Å².